The van der Waals surface area contributed by atoms with Crippen LogP contribution in [0.3, 0.4) is 0 Å². The van der Waals surface area contributed by atoms with E-state index in [9.17, 15) is 4.79 Å². The van der Waals surface area contributed by atoms with E-state index in [-0.39, 0.29) is 5.91 Å². The summed E-state index contributed by atoms with van der Waals surface area (Å²) in [6.07, 6.45) is 3.02. The lowest BCUT2D eigenvalue weighted by Crippen LogP contribution is -2.37. The number of para-hydroxylation sites is 2. The molecule has 1 amide bonds. The molecule has 1 aliphatic heterocycles. The lowest BCUT2D eigenvalue weighted by Gasteiger charge is -2.24. The van der Waals surface area contributed by atoms with Gasteiger partial charge in [0, 0.05) is 31.9 Å². The Balaban J connectivity index is 1.45. The van der Waals surface area contributed by atoms with Crippen LogP contribution in [0.2, 0.25) is 0 Å². The van der Waals surface area contributed by atoms with Gasteiger partial charge in [0.05, 0.1) is 23.9 Å². The zero-order valence-electron chi connectivity index (χ0n) is 17.6. The van der Waals surface area contributed by atoms with Crippen molar-refractivity contribution in [2.75, 3.05) is 44.4 Å². The number of carbonyl (C=O) groups excluding carboxylic acids is 1. The summed E-state index contributed by atoms with van der Waals surface area (Å²) >= 11 is 1.73. The Kier molecular flexibility index (Phi) is 6.47. The van der Waals surface area contributed by atoms with Gasteiger partial charge in [-0.25, -0.2) is 4.98 Å². The number of methoxy groups -OCH3 is 1. The Morgan fingerprint density at radius 2 is 1.87 bits per heavy atom. The van der Waals surface area contributed by atoms with E-state index < -0.39 is 0 Å². The van der Waals surface area contributed by atoms with Crippen LogP contribution in [-0.4, -0.2) is 59.9 Å². The fraction of sp³-hybridized carbons (Fsp3) is 0.391. The van der Waals surface area contributed by atoms with Crippen molar-refractivity contribution in [1.82, 2.24) is 14.5 Å². The summed E-state index contributed by atoms with van der Waals surface area (Å²) in [5.41, 5.74) is 3.16. The van der Waals surface area contributed by atoms with Gasteiger partial charge in [-0.3, -0.25) is 4.79 Å². The molecular weight excluding hydrogens is 396 g/mol. The largest absolute Gasteiger partial charge is 0.497 e. The standard InChI is InChI=1S/C23H28N4O2S/c1-29-19-10-8-18(9-11-19)25-12-5-13-26(15-14-25)23(28)16-27-21-7-4-3-6-20(21)24-22(27)17-30-2/h3-4,6-11H,5,12-17H2,1-2H3. The van der Waals surface area contributed by atoms with E-state index in [1.807, 2.05) is 41.3 Å². The number of imidazole rings is 1. The second-order valence-electron chi connectivity index (χ2n) is 7.46. The summed E-state index contributed by atoms with van der Waals surface area (Å²) in [6.45, 7) is 3.65. The Labute approximate surface area is 181 Å². The Morgan fingerprint density at radius 1 is 1.07 bits per heavy atom. The molecular formula is C23H28N4O2S. The highest BCUT2D eigenvalue weighted by atomic mass is 32.2. The van der Waals surface area contributed by atoms with Gasteiger partial charge in [-0.2, -0.15) is 11.8 Å². The molecule has 7 heteroatoms. The molecule has 3 aromatic rings. The Hall–Kier alpha value is -2.67. The van der Waals surface area contributed by atoms with Crippen molar-refractivity contribution in [2.45, 2.75) is 18.7 Å². The molecule has 1 fully saturated rings. The van der Waals surface area contributed by atoms with E-state index in [2.05, 4.69) is 27.9 Å². The SMILES string of the molecule is COc1ccc(N2CCCN(C(=O)Cn3c(CSC)nc4ccccc43)CC2)cc1. The number of nitrogens with zero attached hydrogens (tertiary/aromatic N) is 4. The topological polar surface area (TPSA) is 50.6 Å². The van der Waals surface area contributed by atoms with E-state index in [0.29, 0.717) is 6.54 Å². The molecule has 0 atom stereocenters. The fourth-order valence-electron chi connectivity index (χ4n) is 3.99. The lowest BCUT2D eigenvalue weighted by molar-refractivity contribution is -0.131. The molecule has 1 aromatic heterocycles. The highest BCUT2D eigenvalue weighted by Crippen LogP contribution is 2.22. The third-order valence-corrected chi connectivity index (χ3v) is 6.13. The fourth-order valence-corrected chi connectivity index (χ4v) is 4.47. The van der Waals surface area contributed by atoms with Gasteiger partial charge in [0.2, 0.25) is 5.91 Å². The zero-order chi connectivity index (χ0) is 20.9. The summed E-state index contributed by atoms with van der Waals surface area (Å²) in [4.78, 5) is 22.3. The monoisotopic (exact) mass is 424 g/mol. The van der Waals surface area contributed by atoms with Crippen molar-refractivity contribution >= 4 is 34.4 Å². The van der Waals surface area contributed by atoms with Gasteiger partial charge in [-0.15, -0.1) is 0 Å². The number of fused-ring (bicyclic) bond motifs is 1. The number of thioether (sulfide) groups is 1. The highest BCUT2D eigenvalue weighted by Gasteiger charge is 2.21. The quantitative estimate of drug-likeness (QED) is 0.605. The number of anilines is 1. The molecule has 4 rings (SSSR count). The number of hydrogen-bond acceptors (Lipinski definition) is 5. The molecule has 30 heavy (non-hydrogen) atoms. The van der Waals surface area contributed by atoms with Gasteiger partial charge in [0.25, 0.3) is 0 Å². The van der Waals surface area contributed by atoms with Crippen molar-refractivity contribution in [1.29, 1.82) is 0 Å². The van der Waals surface area contributed by atoms with Gasteiger partial charge in [0.1, 0.15) is 18.1 Å². The molecule has 0 saturated carbocycles. The van der Waals surface area contributed by atoms with Crippen LogP contribution in [0.4, 0.5) is 5.69 Å². The van der Waals surface area contributed by atoms with E-state index in [1.165, 1.54) is 5.69 Å². The van der Waals surface area contributed by atoms with Crippen molar-refractivity contribution < 1.29 is 9.53 Å². The average Bonchev–Trinajstić information content (AvgIpc) is 2.95. The molecule has 6 nitrogen and oxygen atoms in total. The molecule has 0 unspecified atom stereocenters. The van der Waals surface area contributed by atoms with Crippen LogP contribution in [-0.2, 0) is 17.1 Å². The minimum Gasteiger partial charge on any atom is -0.497 e. The average molecular weight is 425 g/mol. The van der Waals surface area contributed by atoms with Crippen LogP contribution < -0.4 is 9.64 Å². The van der Waals surface area contributed by atoms with Crippen molar-refractivity contribution in [3.05, 3.63) is 54.4 Å². The van der Waals surface area contributed by atoms with Crippen molar-refractivity contribution in [2.24, 2.45) is 0 Å². The van der Waals surface area contributed by atoms with Gasteiger partial charge in [-0.05, 0) is 49.1 Å². The van der Waals surface area contributed by atoms with Crippen LogP contribution in [0.25, 0.3) is 11.0 Å². The van der Waals surface area contributed by atoms with Crippen LogP contribution in [0.5, 0.6) is 5.75 Å². The van der Waals surface area contributed by atoms with Crippen LogP contribution in [0, 0.1) is 0 Å². The number of amides is 1. The third-order valence-electron chi connectivity index (χ3n) is 5.59. The summed E-state index contributed by atoms with van der Waals surface area (Å²) in [5.74, 6) is 2.79. The molecule has 2 aromatic carbocycles. The maximum atomic E-state index is 13.2. The van der Waals surface area contributed by atoms with Gasteiger partial charge >= 0.3 is 0 Å². The summed E-state index contributed by atoms with van der Waals surface area (Å²) in [6, 6.07) is 16.2. The molecule has 1 aliphatic rings. The smallest absolute Gasteiger partial charge is 0.242 e. The summed E-state index contributed by atoms with van der Waals surface area (Å²) in [5, 5.41) is 0. The molecule has 0 spiro atoms. The van der Waals surface area contributed by atoms with Crippen LogP contribution >= 0.6 is 11.8 Å². The maximum absolute atomic E-state index is 13.2. The number of carbonyl (C=O) groups is 1. The normalized spacial score (nSPS) is 14.7. The van der Waals surface area contributed by atoms with Gasteiger partial charge < -0.3 is 19.1 Å². The highest BCUT2D eigenvalue weighted by molar-refractivity contribution is 7.97. The molecule has 0 aliphatic carbocycles. The van der Waals surface area contributed by atoms with Crippen molar-refractivity contribution in [3.8, 4) is 5.75 Å². The third kappa shape index (κ3) is 4.41. The van der Waals surface area contributed by atoms with E-state index in [4.69, 9.17) is 9.72 Å². The number of aromatic nitrogens is 2. The first kappa shape index (κ1) is 20.6. The maximum Gasteiger partial charge on any atom is 0.242 e. The van der Waals surface area contributed by atoms with Crippen LogP contribution in [0.1, 0.15) is 12.2 Å². The molecule has 1 saturated heterocycles. The molecule has 2 heterocycles. The number of rotatable bonds is 6. The lowest BCUT2D eigenvalue weighted by atomic mass is 10.2. The first-order chi connectivity index (χ1) is 14.7. The predicted molar refractivity (Wildman–Crippen MR) is 123 cm³/mol. The predicted octanol–water partition coefficient (Wildman–Crippen LogP) is 3.65. The Bertz CT molecular complexity index is 1000. The number of benzene rings is 2. The Morgan fingerprint density at radius 3 is 2.63 bits per heavy atom. The zero-order valence-corrected chi connectivity index (χ0v) is 18.4. The molecule has 0 N–H and O–H groups in total. The minimum absolute atomic E-state index is 0.164. The van der Waals surface area contributed by atoms with Gasteiger partial charge in [0.15, 0.2) is 0 Å². The summed E-state index contributed by atoms with van der Waals surface area (Å²) in [7, 11) is 1.68. The van der Waals surface area contributed by atoms with E-state index in [1.54, 1.807) is 18.9 Å². The molecule has 0 radical (unpaired) electrons. The number of ether oxygens (including phenoxy) is 1. The van der Waals surface area contributed by atoms with Crippen molar-refractivity contribution in [3.63, 3.8) is 0 Å². The molecule has 158 valence electrons. The van der Waals surface area contributed by atoms with E-state index in [0.717, 1.165) is 61.0 Å². The summed E-state index contributed by atoms with van der Waals surface area (Å²) < 4.78 is 7.34. The first-order valence-electron chi connectivity index (χ1n) is 10.3. The second-order valence-corrected chi connectivity index (χ2v) is 8.32. The van der Waals surface area contributed by atoms with Crippen LogP contribution in [0.15, 0.2) is 48.5 Å². The second kappa shape index (κ2) is 9.43. The molecule has 0 bridgehead atoms. The van der Waals surface area contributed by atoms with Gasteiger partial charge in [-0.1, -0.05) is 12.1 Å². The minimum atomic E-state index is 0.164. The number of hydrogen-bond donors (Lipinski definition) is 0. The van der Waals surface area contributed by atoms with E-state index >= 15 is 0 Å². The first-order valence-corrected chi connectivity index (χ1v) is 11.7.